The van der Waals surface area contributed by atoms with E-state index in [2.05, 4.69) is 10.6 Å². The number of hydrogen-bond donors (Lipinski definition) is 2. The van der Waals surface area contributed by atoms with Gasteiger partial charge in [-0.15, -0.1) is 0 Å². The molecule has 2 N–H and O–H groups in total. The second kappa shape index (κ2) is 10.4. The number of ether oxygens (including phenoxy) is 1. The Morgan fingerprint density at radius 1 is 1.13 bits per heavy atom. The van der Waals surface area contributed by atoms with Crippen molar-refractivity contribution in [1.82, 2.24) is 10.6 Å². The summed E-state index contributed by atoms with van der Waals surface area (Å²) >= 11 is 0. The van der Waals surface area contributed by atoms with Crippen LogP contribution in [-0.2, 0) is 16.0 Å². The van der Waals surface area contributed by atoms with E-state index in [0.29, 0.717) is 25.1 Å². The van der Waals surface area contributed by atoms with Gasteiger partial charge in [-0.05, 0) is 37.5 Å². The van der Waals surface area contributed by atoms with Crippen LogP contribution in [0.2, 0.25) is 0 Å². The highest BCUT2D eigenvalue weighted by atomic mass is 16.5. The summed E-state index contributed by atoms with van der Waals surface area (Å²) in [4.78, 5) is 33.9. The highest BCUT2D eigenvalue weighted by Crippen LogP contribution is 2.13. The smallest absolute Gasteiger partial charge is 0.321 e. The molecule has 0 radical (unpaired) electrons. The van der Waals surface area contributed by atoms with Gasteiger partial charge in [0, 0.05) is 13.0 Å². The molecule has 23 heavy (non-hydrogen) atoms. The largest absolute Gasteiger partial charge is 0.484 e. The summed E-state index contributed by atoms with van der Waals surface area (Å²) in [5, 5.41) is 4.79. The van der Waals surface area contributed by atoms with E-state index in [0.717, 1.165) is 18.4 Å². The Morgan fingerprint density at radius 2 is 1.83 bits per heavy atom. The molecule has 126 valence electrons. The van der Waals surface area contributed by atoms with Gasteiger partial charge in [0.2, 0.25) is 0 Å². The Bertz CT molecular complexity index is 526. The molecule has 0 aliphatic rings. The molecule has 1 aromatic rings. The van der Waals surface area contributed by atoms with E-state index in [1.807, 2.05) is 19.1 Å². The number of hydrogen-bond acceptors (Lipinski definition) is 4. The zero-order valence-corrected chi connectivity index (χ0v) is 13.7. The first-order chi connectivity index (χ1) is 11.0. The van der Waals surface area contributed by atoms with Gasteiger partial charge in [0.1, 0.15) is 11.5 Å². The highest BCUT2D eigenvalue weighted by molar-refractivity contribution is 5.94. The second-order valence-corrected chi connectivity index (χ2v) is 5.29. The molecule has 1 rings (SSSR count). The Morgan fingerprint density at radius 3 is 2.43 bits per heavy atom. The van der Waals surface area contributed by atoms with Crippen LogP contribution >= 0.6 is 0 Å². The minimum absolute atomic E-state index is 0.152. The van der Waals surface area contributed by atoms with E-state index in [1.165, 1.54) is 0 Å². The second-order valence-electron chi connectivity index (χ2n) is 5.29. The summed E-state index contributed by atoms with van der Waals surface area (Å²) in [6, 6.07) is 6.68. The normalized spacial score (nSPS) is 10.0. The Kier molecular flexibility index (Phi) is 8.42. The molecule has 3 amide bonds. The number of Topliss-reactive ketones (excluding diaryl/α,β-unsaturated/α-hetero) is 1. The fourth-order valence-corrected chi connectivity index (χ4v) is 1.81. The molecule has 1 aromatic carbocycles. The summed E-state index contributed by atoms with van der Waals surface area (Å²) in [7, 11) is 0. The Balaban J connectivity index is 2.29. The molecule has 0 saturated carbocycles. The maximum atomic E-state index is 11.6. The third kappa shape index (κ3) is 8.60. The van der Waals surface area contributed by atoms with Crippen LogP contribution in [0.4, 0.5) is 4.79 Å². The van der Waals surface area contributed by atoms with E-state index in [4.69, 9.17) is 4.74 Å². The maximum Gasteiger partial charge on any atom is 0.321 e. The van der Waals surface area contributed by atoms with Crippen LogP contribution in [-0.4, -0.2) is 30.9 Å². The average molecular weight is 320 g/mol. The average Bonchev–Trinajstić information content (AvgIpc) is 2.52. The molecule has 0 bridgehead atoms. The number of imide groups is 1. The molecular formula is C17H24N2O4. The Labute approximate surface area is 136 Å². The predicted octanol–water partition coefficient (Wildman–Crippen LogP) is 2.21. The molecule has 0 fully saturated rings. The zero-order chi connectivity index (χ0) is 17.1. The van der Waals surface area contributed by atoms with Crippen molar-refractivity contribution < 1.29 is 19.1 Å². The van der Waals surface area contributed by atoms with Crippen molar-refractivity contribution in [1.29, 1.82) is 0 Å². The lowest BCUT2D eigenvalue weighted by molar-refractivity contribution is -0.122. The highest BCUT2D eigenvalue weighted by Gasteiger charge is 2.07. The SMILES string of the molecule is CCCCNC(=O)NC(=O)COc1ccc(CCC(C)=O)cc1. The van der Waals surface area contributed by atoms with Crippen LogP contribution in [0, 0.1) is 0 Å². The van der Waals surface area contributed by atoms with E-state index in [1.54, 1.807) is 19.1 Å². The van der Waals surface area contributed by atoms with Crippen molar-refractivity contribution in [2.45, 2.75) is 39.5 Å². The number of carbonyl (C=O) groups excluding carboxylic acids is 3. The van der Waals surface area contributed by atoms with Crippen molar-refractivity contribution in [3.63, 3.8) is 0 Å². The molecule has 0 aliphatic carbocycles. The number of amides is 3. The van der Waals surface area contributed by atoms with Gasteiger partial charge in [-0.2, -0.15) is 0 Å². The third-order valence-electron chi connectivity index (χ3n) is 3.13. The fourth-order valence-electron chi connectivity index (χ4n) is 1.81. The maximum absolute atomic E-state index is 11.6. The van der Waals surface area contributed by atoms with Crippen LogP contribution in [0.15, 0.2) is 24.3 Å². The predicted molar refractivity (Wildman–Crippen MR) is 87.4 cm³/mol. The molecule has 0 spiro atoms. The minimum Gasteiger partial charge on any atom is -0.484 e. The first-order valence-electron chi connectivity index (χ1n) is 7.80. The standard InChI is InChI=1S/C17H24N2O4/c1-3-4-11-18-17(22)19-16(21)12-23-15-9-7-14(8-10-15)6-5-13(2)20/h7-10H,3-6,11-12H2,1-2H3,(H2,18,19,21,22). The summed E-state index contributed by atoms with van der Waals surface area (Å²) in [6.07, 6.45) is 3.04. The lowest BCUT2D eigenvalue weighted by Crippen LogP contribution is -2.41. The van der Waals surface area contributed by atoms with Crippen LogP contribution < -0.4 is 15.4 Å². The van der Waals surface area contributed by atoms with Crippen LogP contribution in [0.5, 0.6) is 5.75 Å². The number of nitrogens with one attached hydrogen (secondary N) is 2. The van der Waals surface area contributed by atoms with Crippen molar-refractivity contribution in [2.24, 2.45) is 0 Å². The van der Waals surface area contributed by atoms with Gasteiger partial charge in [-0.3, -0.25) is 10.1 Å². The summed E-state index contributed by atoms with van der Waals surface area (Å²) in [5.74, 6) is 0.192. The fraction of sp³-hybridized carbons (Fsp3) is 0.471. The number of urea groups is 1. The van der Waals surface area contributed by atoms with Gasteiger partial charge in [-0.1, -0.05) is 25.5 Å². The number of ketones is 1. The molecule has 0 heterocycles. The summed E-state index contributed by atoms with van der Waals surface area (Å²) < 4.78 is 5.32. The molecule has 6 heteroatoms. The number of aryl methyl sites for hydroxylation is 1. The summed E-state index contributed by atoms with van der Waals surface area (Å²) in [5.41, 5.74) is 1.03. The topological polar surface area (TPSA) is 84.5 Å². The summed E-state index contributed by atoms with van der Waals surface area (Å²) in [6.45, 7) is 3.89. The zero-order valence-electron chi connectivity index (χ0n) is 13.7. The number of carbonyl (C=O) groups is 3. The minimum atomic E-state index is -0.508. The molecule has 0 atom stereocenters. The van der Waals surface area contributed by atoms with Gasteiger partial charge in [0.25, 0.3) is 5.91 Å². The van der Waals surface area contributed by atoms with Crippen molar-refractivity contribution in [2.75, 3.05) is 13.2 Å². The van der Waals surface area contributed by atoms with Crippen molar-refractivity contribution in [3.8, 4) is 5.75 Å². The van der Waals surface area contributed by atoms with E-state index < -0.39 is 11.9 Å². The quantitative estimate of drug-likeness (QED) is 0.683. The molecule has 0 aliphatic heterocycles. The van der Waals surface area contributed by atoms with Crippen LogP contribution in [0.25, 0.3) is 0 Å². The Hall–Kier alpha value is -2.37. The number of rotatable bonds is 9. The monoisotopic (exact) mass is 320 g/mol. The number of benzene rings is 1. The van der Waals surface area contributed by atoms with Gasteiger partial charge in [0.15, 0.2) is 6.61 Å². The third-order valence-corrected chi connectivity index (χ3v) is 3.13. The van der Waals surface area contributed by atoms with Crippen molar-refractivity contribution >= 4 is 17.7 Å². The van der Waals surface area contributed by atoms with Gasteiger partial charge >= 0.3 is 6.03 Å². The van der Waals surface area contributed by atoms with Gasteiger partial charge < -0.3 is 14.8 Å². The van der Waals surface area contributed by atoms with E-state index in [-0.39, 0.29) is 12.4 Å². The lowest BCUT2D eigenvalue weighted by atomic mass is 10.1. The van der Waals surface area contributed by atoms with Crippen molar-refractivity contribution in [3.05, 3.63) is 29.8 Å². The molecular weight excluding hydrogens is 296 g/mol. The van der Waals surface area contributed by atoms with Gasteiger partial charge in [-0.25, -0.2) is 4.79 Å². The first-order valence-corrected chi connectivity index (χ1v) is 7.80. The molecule has 0 saturated heterocycles. The molecule has 6 nitrogen and oxygen atoms in total. The van der Waals surface area contributed by atoms with Gasteiger partial charge in [0.05, 0.1) is 0 Å². The van der Waals surface area contributed by atoms with Crippen LogP contribution in [0.1, 0.15) is 38.7 Å². The van der Waals surface area contributed by atoms with Crippen LogP contribution in [0.3, 0.4) is 0 Å². The van der Waals surface area contributed by atoms with E-state index in [9.17, 15) is 14.4 Å². The van der Waals surface area contributed by atoms with E-state index >= 15 is 0 Å². The molecule has 0 unspecified atom stereocenters. The molecule has 0 aromatic heterocycles. The lowest BCUT2D eigenvalue weighted by Gasteiger charge is -2.08. The number of unbranched alkanes of at least 4 members (excludes halogenated alkanes) is 1. The first kappa shape index (κ1) is 18.7.